The monoisotopic (exact) mass is 418 g/mol. The molecule has 0 unspecified atom stereocenters. The van der Waals surface area contributed by atoms with Gasteiger partial charge in [0.1, 0.15) is 5.56 Å². The van der Waals surface area contributed by atoms with Gasteiger partial charge in [0.15, 0.2) is 0 Å². The SMILES string of the molecule is O=C(NCCN1CCN(S(=O)(=O)c2ccccc2)CC1)c1ccccc1[N+](=O)[O-]. The average molecular weight is 418 g/mol. The third kappa shape index (κ3) is 4.97. The van der Waals surface area contributed by atoms with E-state index in [1.54, 1.807) is 36.4 Å². The van der Waals surface area contributed by atoms with E-state index in [1.165, 1.54) is 22.5 Å². The third-order valence-electron chi connectivity index (χ3n) is 4.77. The quantitative estimate of drug-likeness (QED) is 0.536. The molecule has 0 bridgehead atoms. The number of carbonyl (C=O) groups is 1. The molecule has 1 aliphatic heterocycles. The highest BCUT2D eigenvalue weighted by Gasteiger charge is 2.28. The van der Waals surface area contributed by atoms with Gasteiger partial charge in [-0.1, -0.05) is 30.3 Å². The van der Waals surface area contributed by atoms with Gasteiger partial charge in [0.2, 0.25) is 10.0 Å². The van der Waals surface area contributed by atoms with Crippen LogP contribution >= 0.6 is 0 Å². The lowest BCUT2D eigenvalue weighted by Crippen LogP contribution is -2.50. The minimum absolute atomic E-state index is 0.0243. The Balaban J connectivity index is 1.48. The maximum absolute atomic E-state index is 12.6. The van der Waals surface area contributed by atoms with Gasteiger partial charge in [-0.3, -0.25) is 19.8 Å². The first-order valence-corrected chi connectivity index (χ1v) is 10.6. The number of carbonyl (C=O) groups excluding carboxylic acids is 1. The number of nitro benzene ring substituents is 1. The number of nitrogens with zero attached hydrogens (tertiary/aromatic N) is 3. The fourth-order valence-electron chi connectivity index (χ4n) is 3.18. The molecule has 9 nitrogen and oxygen atoms in total. The summed E-state index contributed by atoms with van der Waals surface area (Å²) in [4.78, 5) is 25.0. The van der Waals surface area contributed by atoms with E-state index in [4.69, 9.17) is 0 Å². The van der Waals surface area contributed by atoms with Crippen molar-refractivity contribution in [2.45, 2.75) is 4.90 Å². The molecule has 1 heterocycles. The summed E-state index contributed by atoms with van der Waals surface area (Å²) in [5.74, 6) is -0.498. The molecule has 29 heavy (non-hydrogen) atoms. The van der Waals surface area contributed by atoms with Crippen molar-refractivity contribution < 1.29 is 18.1 Å². The standard InChI is InChI=1S/C19H22N4O5S/c24-19(17-8-4-5-9-18(17)23(25)26)20-10-11-21-12-14-22(15-13-21)29(27,28)16-6-2-1-3-7-16/h1-9H,10-15H2,(H,20,24). The summed E-state index contributed by atoms with van der Waals surface area (Å²) < 4.78 is 26.7. The van der Waals surface area contributed by atoms with E-state index >= 15 is 0 Å². The van der Waals surface area contributed by atoms with E-state index in [0.717, 1.165) is 0 Å². The van der Waals surface area contributed by atoms with Crippen molar-refractivity contribution >= 4 is 21.6 Å². The molecular formula is C19H22N4O5S. The van der Waals surface area contributed by atoms with Crippen LogP contribution in [0.2, 0.25) is 0 Å². The van der Waals surface area contributed by atoms with Crippen LogP contribution < -0.4 is 5.32 Å². The minimum atomic E-state index is -3.50. The molecule has 2 aromatic carbocycles. The van der Waals surface area contributed by atoms with Crippen LogP contribution in [0.3, 0.4) is 0 Å². The number of amides is 1. The Bertz CT molecular complexity index is 973. The summed E-state index contributed by atoms with van der Waals surface area (Å²) in [6, 6.07) is 14.1. The number of piperazine rings is 1. The highest BCUT2D eigenvalue weighted by atomic mass is 32.2. The summed E-state index contributed by atoms with van der Waals surface area (Å²) in [7, 11) is -3.50. The van der Waals surface area contributed by atoms with E-state index < -0.39 is 20.9 Å². The molecule has 0 aromatic heterocycles. The number of sulfonamides is 1. The lowest BCUT2D eigenvalue weighted by atomic mass is 10.1. The smallest absolute Gasteiger partial charge is 0.282 e. The molecule has 10 heteroatoms. The summed E-state index contributed by atoms with van der Waals surface area (Å²) in [6.45, 7) is 2.69. The fourth-order valence-corrected chi connectivity index (χ4v) is 4.63. The van der Waals surface area contributed by atoms with Crippen LogP contribution in [0.15, 0.2) is 59.5 Å². The van der Waals surface area contributed by atoms with Crippen LogP contribution in [0.4, 0.5) is 5.69 Å². The summed E-state index contributed by atoms with van der Waals surface area (Å²) in [5.41, 5.74) is -0.207. The number of nitrogens with one attached hydrogen (secondary N) is 1. The maximum atomic E-state index is 12.6. The van der Waals surface area contributed by atoms with Gasteiger partial charge < -0.3 is 5.32 Å². The highest BCUT2D eigenvalue weighted by molar-refractivity contribution is 7.89. The van der Waals surface area contributed by atoms with Crippen LogP contribution in [0.25, 0.3) is 0 Å². The maximum Gasteiger partial charge on any atom is 0.282 e. The number of nitro groups is 1. The predicted molar refractivity (Wildman–Crippen MR) is 107 cm³/mol. The Morgan fingerprint density at radius 3 is 2.28 bits per heavy atom. The third-order valence-corrected chi connectivity index (χ3v) is 6.68. The molecule has 0 spiro atoms. The lowest BCUT2D eigenvalue weighted by Gasteiger charge is -2.33. The van der Waals surface area contributed by atoms with Crippen LogP contribution in [0.1, 0.15) is 10.4 Å². The van der Waals surface area contributed by atoms with E-state index in [9.17, 15) is 23.3 Å². The first-order chi connectivity index (χ1) is 13.9. The van der Waals surface area contributed by atoms with Crippen LogP contribution in [-0.2, 0) is 10.0 Å². The summed E-state index contributed by atoms with van der Waals surface area (Å²) >= 11 is 0. The number of hydrogen-bond donors (Lipinski definition) is 1. The average Bonchev–Trinajstić information content (AvgIpc) is 2.74. The minimum Gasteiger partial charge on any atom is -0.351 e. The predicted octanol–water partition coefficient (Wildman–Crippen LogP) is 1.33. The fraction of sp³-hybridized carbons (Fsp3) is 0.316. The first-order valence-electron chi connectivity index (χ1n) is 9.19. The Hall–Kier alpha value is -2.82. The van der Waals surface area contributed by atoms with Crippen molar-refractivity contribution in [1.29, 1.82) is 0 Å². The van der Waals surface area contributed by atoms with Gasteiger partial charge in [-0.05, 0) is 18.2 Å². The molecule has 1 amide bonds. The lowest BCUT2D eigenvalue weighted by molar-refractivity contribution is -0.385. The van der Waals surface area contributed by atoms with Crippen molar-refractivity contribution in [3.8, 4) is 0 Å². The molecule has 0 saturated carbocycles. The molecule has 1 aliphatic rings. The van der Waals surface area contributed by atoms with Gasteiger partial charge in [0, 0.05) is 45.3 Å². The van der Waals surface area contributed by atoms with Gasteiger partial charge >= 0.3 is 0 Å². The van der Waals surface area contributed by atoms with Crippen molar-refractivity contribution in [3.63, 3.8) is 0 Å². The number of rotatable bonds is 7. The molecule has 0 atom stereocenters. The molecule has 2 aromatic rings. The molecule has 1 N–H and O–H groups in total. The van der Waals surface area contributed by atoms with Gasteiger partial charge in [0.05, 0.1) is 9.82 Å². The van der Waals surface area contributed by atoms with Gasteiger partial charge in [-0.2, -0.15) is 4.31 Å². The van der Waals surface area contributed by atoms with E-state index in [-0.39, 0.29) is 16.1 Å². The zero-order valence-electron chi connectivity index (χ0n) is 15.7. The van der Waals surface area contributed by atoms with E-state index in [0.29, 0.717) is 39.3 Å². The van der Waals surface area contributed by atoms with Crippen molar-refractivity contribution in [2.24, 2.45) is 0 Å². The molecule has 0 aliphatic carbocycles. The zero-order chi connectivity index (χ0) is 20.9. The molecular weight excluding hydrogens is 396 g/mol. The Morgan fingerprint density at radius 2 is 1.62 bits per heavy atom. The highest BCUT2D eigenvalue weighted by Crippen LogP contribution is 2.18. The van der Waals surface area contributed by atoms with Crippen molar-refractivity contribution in [3.05, 3.63) is 70.3 Å². The first kappa shape index (κ1) is 20.9. The van der Waals surface area contributed by atoms with Gasteiger partial charge in [-0.15, -0.1) is 0 Å². The Kier molecular flexibility index (Phi) is 6.57. The largest absolute Gasteiger partial charge is 0.351 e. The van der Waals surface area contributed by atoms with E-state index in [2.05, 4.69) is 10.2 Å². The van der Waals surface area contributed by atoms with Crippen LogP contribution in [0.5, 0.6) is 0 Å². The normalized spacial score (nSPS) is 15.7. The molecule has 154 valence electrons. The second-order valence-corrected chi connectivity index (χ2v) is 8.53. The zero-order valence-corrected chi connectivity index (χ0v) is 16.5. The number of para-hydroxylation sites is 1. The Labute approximate surface area is 169 Å². The van der Waals surface area contributed by atoms with Crippen LogP contribution in [0, 0.1) is 10.1 Å². The molecule has 3 rings (SSSR count). The topological polar surface area (TPSA) is 113 Å². The second kappa shape index (κ2) is 9.12. The molecule has 1 saturated heterocycles. The second-order valence-electron chi connectivity index (χ2n) is 6.59. The summed E-state index contributed by atoms with van der Waals surface area (Å²) in [5, 5.41) is 13.7. The van der Waals surface area contributed by atoms with E-state index in [1.807, 2.05) is 0 Å². The van der Waals surface area contributed by atoms with Crippen molar-refractivity contribution in [1.82, 2.24) is 14.5 Å². The van der Waals surface area contributed by atoms with Gasteiger partial charge in [0.25, 0.3) is 11.6 Å². The van der Waals surface area contributed by atoms with Gasteiger partial charge in [-0.25, -0.2) is 8.42 Å². The molecule has 0 radical (unpaired) electrons. The number of benzene rings is 2. The molecule has 1 fully saturated rings. The number of hydrogen-bond acceptors (Lipinski definition) is 6. The van der Waals surface area contributed by atoms with Crippen LogP contribution in [-0.4, -0.2) is 67.7 Å². The van der Waals surface area contributed by atoms with Crippen molar-refractivity contribution in [2.75, 3.05) is 39.3 Å². The Morgan fingerprint density at radius 1 is 1.00 bits per heavy atom. The summed E-state index contributed by atoms with van der Waals surface area (Å²) in [6.07, 6.45) is 0.